The first-order valence-electron chi connectivity index (χ1n) is 4.98. The summed E-state index contributed by atoms with van der Waals surface area (Å²) in [6.07, 6.45) is 0.790. The summed E-state index contributed by atoms with van der Waals surface area (Å²) < 4.78 is 6.10. The number of hydrogen-bond acceptors (Lipinski definition) is 7. The summed E-state index contributed by atoms with van der Waals surface area (Å²) in [7, 11) is 0. The Morgan fingerprint density at radius 1 is 1.44 bits per heavy atom. The van der Waals surface area contributed by atoms with Crippen molar-refractivity contribution in [3.8, 4) is 0 Å². The van der Waals surface area contributed by atoms with Crippen molar-refractivity contribution in [2.75, 3.05) is 0 Å². The highest BCUT2D eigenvalue weighted by atomic mass is 32.2. The van der Waals surface area contributed by atoms with E-state index < -0.39 is 0 Å². The third-order valence-electron chi connectivity index (χ3n) is 1.93. The number of nitrogens with zero attached hydrogens (tertiary/aromatic N) is 4. The second-order valence-corrected chi connectivity index (χ2v) is 6.02. The molecule has 0 amide bonds. The van der Waals surface area contributed by atoms with Crippen molar-refractivity contribution in [2.45, 2.75) is 36.8 Å². The quantitative estimate of drug-likeness (QED) is 0.783. The van der Waals surface area contributed by atoms with E-state index in [0.29, 0.717) is 5.89 Å². The molecule has 1 atom stereocenters. The summed E-state index contributed by atoms with van der Waals surface area (Å²) in [5.74, 6) is 1.39. The van der Waals surface area contributed by atoms with Gasteiger partial charge in [0.05, 0.1) is 5.25 Å². The molecule has 2 rings (SSSR count). The first kappa shape index (κ1) is 11.5. The van der Waals surface area contributed by atoms with Crippen LogP contribution in [-0.2, 0) is 6.42 Å². The van der Waals surface area contributed by atoms with Crippen LogP contribution in [0.15, 0.2) is 8.86 Å². The average Bonchev–Trinajstić information content (AvgIpc) is 2.87. The Balaban J connectivity index is 2.05. The minimum absolute atomic E-state index is 0.111. The highest BCUT2D eigenvalue weighted by Crippen LogP contribution is 2.35. The fourth-order valence-corrected chi connectivity index (χ4v) is 3.09. The minimum atomic E-state index is 0.111. The molecule has 0 aliphatic heterocycles. The second kappa shape index (κ2) is 4.92. The molecule has 16 heavy (non-hydrogen) atoms. The van der Waals surface area contributed by atoms with E-state index in [9.17, 15) is 0 Å². The monoisotopic (exact) mass is 256 g/mol. The smallest absolute Gasteiger partial charge is 0.239 e. The van der Waals surface area contributed by atoms with E-state index in [-0.39, 0.29) is 5.25 Å². The molecular weight excluding hydrogens is 244 g/mol. The van der Waals surface area contributed by atoms with Crippen LogP contribution in [0.5, 0.6) is 0 Å². The molecule has 0 bridgehead atoms. The third-order valence-corrected chi connectivity index (χ3v) is 3.94. The molecule has 0 saturated heterocycles. The molecule has 0 aromatic carbocycles. The van der Waals surface area contributed by atoms with E-state index in [4.69, 9.17) is 4.52 Å². The third kappa shape index (κ3) is 2.59. The zero-order valence-corrected chi connectivity index (χ0v) is 10.9. The van der Waals surface area contributed by atoms with E-state index >= 15 is 0 Å². The maximum absolute atomic E-state index is 5.17. The predicted octanol–water partition coefficient (Wildman–Crippen LogP) is 2.65. The molecule has 7 heteroatoms. The number of aryl methyl sites for hydroxylation is 2. The highest BCUT2D eigenvalue weighted by molar-refractivity contribution is 8.01. The van der Waals surface area contributed by atoms with Gasteiger partial charge in [0.15, 0.2) is 10.2 Å². The summed E-state index contributed by atoms with van der Waals surface area (Å²) in [5.41, 5.74) is 0. The fraction of sp³-hybridized carbons (Fsp3) is 0.556. The van der Waals surface area contributed by atoms with Crippen molar-refractivity contribution in [2.24, 2.45) is 0 Å². The van der Waals surface area contributed by atoms with Crippen molar-refractivity contribution in [3.05, 3.63) is 16.7 Å². The van der Waals surface area contributed by atoms with Crippen LogP contribution in [-0.4, -0.2) is 20.3 Å². The summed E-state index contributed by atoms with van der Waals surface area (Å²) in [5, 5.41) is 13.0. The van der Waals surface area contributed by atoms with Crippen LogP contribution in [0, 0.1) is 6.92 Å². The molecular formula is C9H12N4OS2. The molecule has 2 aromatic heterocycles. The molecule has 2 heterocycles. The number of hydrogen-bond donors (Lipinski definition) is 0. The fourth-order valence-electron chi connectivity index (χ4n) is 1.10. The van der Waals surface area contributed by atoms with Gasteiger partial charge in [0.25, 0.3) is 0 Å². The Morgan fingerprint density at radius 3 is 2.81 bits per heavy atom. The average molecular weight is 256 g/mol. The van der Waals surface area contributed by atoms with Gasteiger partial charge in [-0.2, -0.15) is 4.98 Å². The Kier molecular flexibility index (Phi) is 3.55. The summed E-state index contributed by atoms with van der Waals surface area (Å²) >= 11 is 3.16. The first-order chi connectivity index (χ1) is 7.69. The van der Waals surface area contributed by atoms with Crippen LogP contribution in [0.3, 0.4) is 0 Å². The zero-order chi connectivity index (χ0) is 11.5. The van der Waals surface area contributed by atoms with Crippen LogP contribution < -0.4 is 0 Å². The maximum atomic E-state index is 5.17. The molecule has 5 nitrogen and oxygen atoms in total. The van der Waals surface area contributed by atoms with Gasteiger partial charge in [-0.1, -0.05) is 35.2 Å². The first-order valence-corrected chi connectivity index (χ1v) is 6.68. The van der Waals surface area contributed by atoms with Gasteiger partial charge in [-0.3, -0.25) is 0 Å². The predicted molar refractivity (Wildman–Crippen MR) is 62.6 cm³/mol. The lowest BCUT2D eigenvalue weighted by Gasteiger charge is -2.00. The number of thioether (sulfide) groups is 1. The summed E-state index contributed by atoms with van der Waals surface area (Å²) in [6, 6.07) is 0. The van der Waals surface area contributed by atoms with Gasteiger partial charge in [0, 0.05) is 6.42 Å². The zero-order valence-electron chi connectivity index (χ0n) is 9.30. The normalized spacial score (nSPS) is 12.9. The molecule has 0 aliphatic rings. The van der Waals surface area contributed by atoms with E-state index in [1.165, 1.54) is 0 Å². The van der Waals surface area contributed by atoms with Gasteiger partial charge in [-0.25, -0.2) is 0 Å². The van der Waals surface area contributed by atoms with Crippen LogP contribution in [0.4, 0.5) is 0 Å². The molecule has 0 fully saturated rings. The topological polar surface area (TPSA) is 64.7 Å². The lowest BCUT2D eigenvalue weighted by molar-refractivity contribution is 0.375. The van der Waals surface area contributed by atoms with Gasteiger partial charge in [-0.05, 0) is 13.8 Å². The van der Waals surface area contributed by atoms with E-state index in [2.05, 4.69) is 20.3 Å². The highest BCUT2D eigenvalue weighted by Gasteiger charge is 2.16. The van der Waals surface area contributed by atoms with Crippen LogP contribution in [0.25, 0.3) is 0 Å². The molecule has 0 aliphatic carbocycles. The minimum Gasteiger partial charge on any atom is -0.338 e. The SMILES string of the molecule is CCc1noc(C(C)Sc2nnc(C)s2)n1. The van der Waals surface area contributed by atoms with E-state index in [1.54, 1.807) is 23.1 Å². The summed E-state index contributed by atoms with van der Waals surface area (Å²) in [6.45, 7) is 5.96. The van der Waals surface area contributed by atoms with Gasteiger partial charge < -0.3 is 4.52 Å². The number of aromatic nitrogens is 4. The standard InChI is InChI=1S/C9H12N4OS2/c1-4-7-10-8(14-13-7)5(2)15-9-12-11-6(3)16-9/h5H,4H2,1-3H3. The molecule has 1 unspecified atom stereocenters. The van der Waals surface area contributed by atoms with Crippen LogP contribution in [0.1, 0.15) is 35.8 Å². The van der Waals surface area contributed by atoms with Crippen molar-refractivity contribution in [1.82, 2.24) is 20.3 Å². The molecule has 0 N–H and O–H groups in total. The largest absolute Gasteiger partial charge is 0.338 e. The Hall–Kier alpha value is -0.950. The van der Waals surface area contributed by atoms with Gasteiger partial charge in [-0.15, -0.1) is 10.2 Å². The van der Waals surface area contributed by atoms with Crippen LogP contribution in [0.2, 0.25) is 0 Å². The Labute approximate surface area is 102 Å². The van der Waals surface area contributed by atoms with Gasteiger partial charge in [0.2, 0.25) is 5.89 Å². The van der Waals surface area contributed by atoms with Crippen molar-refractivity contribution >= 4 is 23.1 Å². The molecule has 0 radical (unpaired) electrons. The van der Waals surface area contributed by atoms with Crippen molar-refractivity contribution < 1.29 is 4.52 Å². The molecule has 0 saturated carbocycles. The summed E-state index contributed by atoms with van der Waals surface area (Å²) in [4.78, 5) is 4.29. The van der Waals surface area contributed by atoms with Gasteiger partial charge >= 0.3 is 0 Å². The Morgan fingerprint density at radius 2 is 2.25 bits per heavy atom. The Bertz CT molecular complexity index is 468. The molecule has 2 aromatic rings. The van der Waals surface area contributed by atoms with Crippen molar-refractivity contribution in [3.63, 3.8) is 0 Å². The molecule has 0 spiro atoms. The maximum Gasteiger partial charge on any atom is 0.239 e. The van der Waals surface area contributed by atoms with Crippen LogP contribution >= 0.6 is 23.1 Å². The van der Waals surface area contributed by atoms with Gasteiger partial charge in [0.1, 0.15) is 5.01 Å². The van der Waals surface area contributed by atoms with Crippen molar-refractivity contribution in [1.29, 1.82) is 0 Å². The van der Waals surface area contributed by atoms with E-state index in [0.717, 1.165) is 21.6 Å². The van der Waals surface area contributed by atoms with E-state index in [1.807, 2.05) is 20.8 Å². The number of rotatable bonds is 4. The second-order valence-electron chi connectivity index (χ2n) is 3.25. The molecule has 86 valence electrons. The lowest BCUT2D eigenvalue weighted by Crippen LogP contribution is -1.89. The lowest BCUT2D eigenvalue weighted by atomic mass is 10.4.